The highest BCUT2D eigenvalue weighted by molar-refractivity contribution is 6.30. The molecule has 92 valence electrons. The van der Waals surface area contributed by atoms with E-state index in [9.17, 15) is 4.79 Å². The van der Waals surface area contributed by atoms with Crippen molar-refractivity contribution in [2.24, 2.45) is 0 Å². The van der Waals surface area contributed by atoms with Crippen LogP contribution in [0.3, 0.4) is 0 Å². The van der Waals surface area contributed by atoms with Crippen LogP contribution < -0.4 is 0 Å². The first-order valence-electron chi connectivity index (χ1n) is 5.71. The van der Waals surface area contributed by atoms with Crippen LogP contribution in [-0.2, 0) is 9.53 Å². The summed E-state index contributed by atoms with van der Waals surface area (Å²) < 4.78 is 4.77. The highest BCUT2D eigenvalue weighted by Crippen LogP contribution is 2.16. The number of esters is 1. The molecule has 2 nitrogen and oxygen atoms in total. The molecule has 0 spiro atoms. The smallest absolute Gasteiger partial charge is 0.333 e. The molecule has 0 amide bonds. The molecule has 0 radical (unpaired) electrons. The van der Waals surface area contributed by atoms with E-state index in [1.54, 1.807) is 0 Å². The van der Waals surface area contributed by atoms with Crippen molar-refractivity contribution in [3.05, 3.63) is 40.4 Å². The molecule has 0 aliphatic rings. The summed E-state index contributed by atoms with van der Waals surface area (Å²) in [6.07, 6.45) is 4.63. The lowest BCUT2D eigenvalue weighted by Gasteiger charge is -2.05. The molecule has 0 fully saturated rings. The van der Waals surface area contributed by atoms with E-state index in [2.05, 4.69) is 6.92 Å². The van der Waals surface area contributed by atoms with Crippen LogP contribution in [0.15, 0.2) is 29.8 Å². The second kappa shape index (κ2) is 7.13. The first kappa shape index (κ1) is 13.8. The molecule has 1 rings (SSSR count). The van der Waals surface area contributed by atoms with E-state index in [1.807, 2.05) is 30.3 Å². The monoisotopic (exact) mass is 252 g/mol. The lowest BCUT2D eigenvalue weighted by molar-refractivity contribution is -0.136. The van der Waals surface area contributed by atoms with Gasteiger partial charge >= 0.3 is 5.97 Å². The zero-order chi connectivity index (χ0) is 12.7. The number of halogens is 1. The third-order valence-electron chi connectivity index (χ3n) is 2.46. The van der Waals surface area contributed by atoms with Crippen molar-refractivity contribution < 1.29 is 9.53 Å². The Hall–Kier alpha value is -1.28. The molecule has 0 aliphatic heterocycles. The summed E-state index contributed by atoms with van der Waals surface area (Å²) in [5, 5.41) is 0.690. The van der Waals surface area contributed by atoms with Crippen LogP contribution in [0.4, 0.5) is 0 Å². The van der Waals surface area contributed by atoms with E-state index in [4.69, 9.17) is 16.3 Å². The average Bonchev–Trinajstić information content (AvgIpc) is 2.36. The fourth-order valence-corrected chi connectivity index (χ4v) is 1.62. The zero-order valence-corrected chi connectivity index (χ0v) is 11.0. The molecule has 0 aromatic heterocycles. The number of hydrogen-bond donors (Lipinski definition) is 0. The summed E-state index contributed by atoms with van der Waals surface area (Å²) in [5.41, 5.74) is 1.67. The first-order chi connectivity index (χ1) is 8.17. The standard InChI is InChI=1S/C14H17ClO2/c1-3-4-5-12(14(16)17-2)10-11-6-8-13(15)9-7-11/h6-10H,3-5H2,1-2H3/b12-10+. The predicted octanol–water partition coefficient (Wildman–Crippen LogP) is 4.09. The molecular weight excluding hydrogens is 236 g/mol. The fourth-order valence-electron chi connectivity index (χ4n) is 1.49. The molecule has 0 unspecified atom stereocenters. The molecule has 0 saturated carbocycles. The molecule has 0 saturated heterocycles. The molecule has 0 N–H and O–H groups in total. The van der Waals surface area contributed by atoms with E-state index in [0.717, 1.165) is 24.8 Å². The molecule has 0 aliphatic carbocycles. The maximum Gasteiger partial charge on any atom is 0.333 e. The van der Waals surface area contributed by atoms with Gasteiger partial charge in [-0.25, -0.2) is 4.79 Å². The molecule has 3 heteroatoms. The fraction of sp³-hybridized carbons (Fsp3) is 0.357. The highest BCUT2D eigenvalue weighted by Gasteiger charge is 2.08. The third-order valence-corrected chi connectivity index (χ3v) is 2.71. The van der Waals surface area contributed by atoms with E-state index >= 15 is 0 Å². The van der Waals surface area contributed by atoms with Crippen molar-refractivity contribution in [2.45, 2.75) is 26.2 Å². The number of benzene rings is 1. The van der Waals surface area contributed by atoms with Gasteiger partial charge in [-0.3, -0.25) is 0 Å². The van der Waals surface area contributed by atoms with Gasteiger partial charge in [0.05, 0.1) is 7.11 Å². The van der Waals surface area contributed by atoms with Crippen molar-refractivity contribution >= 4 is 23.6 Å². The number of unbranched alkanes of at least 4 members (excludes halogenated alkanes) is 1. The second-order valence-electron chi connectivity index (χ2n) is 3.82. The van der Waals surface area contributed by atoms with Crippen LogP contribution >= 0.6 is 11.6 Å². The van der Waals surface area contributed by atoms with Crippen molar-refractivity contribution in [3.8, 4) is 0 Å². The second-order valence-corrected chi connectivity index (χ2v) is 4.25. The molecule has 17 heavy (non-hydrogen) atoms. The van der Waals surface area contributed by atoms with Crippen molar-refractivity contribution in [1.29, 1.82) is 0 Å². The lowest BCUT2D eigenvalue weighted by Crippen LogP contribution is -2.04. The van der Waals surface area contributed by atoms with Gasteiger partial charge in [0.2, 0.25) is 0 Å². The topological polar surface area (TPSA) is 26.3 Å². The summed E-state index contributed by atoms with van der Waals surface area (Å²) in [6.45, 7) is 2.09. The molecule has 0 bridgehead atoms. The number of carbonyl (C=O) groups is 1. The Balaban J connectivity index is 2.87. The number of carbonyl (C=O) groups excluding carboxylic acids is 1. The number of hydrogen-bond acceptors (Lipinski definition) is 2. The molecule has 1 aromatic rings. The van der Waals surface area contributed by atoms with Crippen LogP contribution in [0, 0.1) is 0 Å². The van der Waals surface area contributed by atoms with E-state index in [-0.39, 0.29) is 5.97 Å². The summed E-state index contributed by atoms with van der Waals surface area (Å²) in [5.74, 6) is -0.256. The molecule has 0 atom stereocenters. The van der Waals surface area contributed by atoms with E-state index in [1.165, 1.54) is 7.11 Å². The predicted molar refractivity (Wildman–Crippen MR) is 71.0 cm³/mol. The summed E-state index contributed by atoms with van der Waals surface area (Å²) in [7, 11) is 1.41. The van der Waals surface area contributed by atoms with Crippen LogP contribution in [0.1, 0.15) is 31.7 Å². The summed E-state index contributed by atoms with van der Waals surface area (Å²) in [4.78, 5) is 11.6. The van der Waals surface area contributed by atoms with Gasteiger partial charge in [-0.05, 0) is 36.6 Å². The SMILES string of the molecule is CCCC/C(=C\c1ccc(Cl)cc1)C(=O)OC. The van der Waals surface area contributed by atoms with Gasteiger partial charge in [0, 0.05) is 10.6 Å². The van der Waals surface area contributed by atoms with Gasteiger partial charge < -0.3 is 4.74 Å². The average molecular weight is 253 g/mol. The van der Waals surface area contributed by atoms with Gasteiger partial charge in [0.25, 0.3) is 0 Å². The van der Waals surface area contributed by atoms with E-state index in [0.29, 0.717) is 10.6 Å². The van der Waals surface area contributed by atoms with Crippen LogP contribution in [0.25, 0.3) is 6.08 Å². The Morgan fingerprint density at radius 3 is 2.53 bits per heavy atom. The van der Waals surface area contributed by atoms with Gasteiger partial charge in [-0.15, -0.1) is 0 Å². The Labute approximate surface area is 107 Å². The van der Waals surface area contributed by atoms with E-state index < -0.39 is 0 Å². The maximum atomic E-state index is 11.6. The minimum absolute atomic E-state index is 0.256. The molecule has 0 heterocycles. The Morgan fingerprint density at radius 1 is 1.35 bits per heavy atom. The van der Waals surface area contributed by atoms with Gasteiger partial charge in [0.1, 0.15) is 0 Å². The summed E-state index contributed by atoms with van der Waals surface area (Å²) in [6, 6.07) is 7.39. The van der Waals surface area contributed by atoms with Crippen LogP contribution in [0.5, 0.6) is 0 Å². The Morgan fingerprint density at radius 2 is 2.00 bits per heavy atom. The summed E-state index contributed by atoms with van der Waals surface area (Å²) >= 11 is 5.81. The molecule has 1 aromatic carbocycles. The number of rotatable bonds is 5. The van der Waals surface area contributed by atoms with Crippen molar-refractivity contribution in [2.75, 3.05) is 7.11 Å². The van der Waals surface area contributed by atoms with Crippen LogP contribution in [-0.4, -0.2) is 13.1 Å². The minimum Gasteiger partial charge on any atom is -0.466 e. The third kappa shape index (κ3) is 4.61. The number of methoxy groups -OCH3 is 1. The zero-order valence-electron chi connectivity index (χ0n) is 10.2. The Bertz CT molecular complexity index is 393. The quantitative estimate of drug-likeness (QED) is 0.583. The van der Waals surface area contributed by atoms with Crippen molar-refractivity contribution in [3.63, 3.8) is 0 Å². The number of ether oxygens (including phenoxy) is 1. The minimum atomic E-state index is -0.256. The van der Waals surface area contributed by atoms with Gasteiger partial charge in [-0.1, -0.05) is 37.1 Å². The highest BCUT2D eigenvalue weighted by atomic mass is 35.5. The Kier molecular flexibility index (Phi) is 5.78. The lowest BCUT2D eigenvalue weighted by atomic mass is 10.1. The van der Waals surface area contributed by atoms with Gasteiger partial charge in [0.15, 0.2) is 0 Å². The van der Waals surface area contributed by atoms with Crippen LogP contribution in [0.2, 0.25) is 5.02 Å². The normalized spacial score (nSPS) is 11.4. The first-order valence-corrected chi connectivity index (χ1v) is 6.09. The van der Waals surface area contributed by atoms with Crippen molar-refractivity contribution in [1.82, 2.24) is 0 Å². The maximum absolute atomic E-state index is 11.6. The largest absolute Gasteiger partial charge is 0.466 e. The molecular formula is C14H17ClO2. The van der Waals surface area contributed by atoms with Gasteiger partial charge in [-0.2, -0.15) is 0 Å².